The van der Waals surface area contributed by atoms with Crippen LogP contribution in [0.2, 0.25) is 0 Å². The Balaban J connectivity index is 1.64. The van der Waals surface area contributed by atoms with Gasteiger partial charge < -0.3 is 4.90 Å². The summed E-state index contributed by atoms with van der Waals surface area (Å²) in [6, 6.07) is 8.30. The smallest absolute Gasteiger partial charge is 0.256 e. The number of benzene rings is 1. The predicted octanol–water partition coefficient (Wildman–Crippen LogP) is 3.18. The van der Waals surface area contributed by atoms with Gasteiger partial charge in [0.05, 0.1) is 29.4 Å². The number of fused-ring (bicyclic) bond motifs is 1. The van der Waals surface area contributed by atoms with E-state index in [4.69, 9.17) is 0 Å². The first-order chi connectivity index (χ1) is 12.1. The van der Waals surface area contributed by atoms with Crippen molar-refractivity contribution in [1.82, 2.24) is 19.7 Å². The third-order valence-electron chi connectivity index (χ3n) is 4.80. The van der Waals surface area contributed by atoms with E-state index in [1.807, 2.05) is 27.9 Å². The van der Waals surface area contributed by atoms with Crippen molar-refractivity contribution in [2.75, 3.05) is 6.54 Å². The Morgan fingerprint density at radius 3 is 3.04 bits per heavy atom. The highest BCUT2D eigenvalue weighted by molar-refractivity contribution is 5.99. The van der Waals surface area contributed by atoms with E-state index in [1.165, 1.54) is 12.1 Å². The zero-order valence-corrected chi connectivity index (χ0v) is 14.0. The number of pyridine rings is 1. The number of hydrogen-bond acceptors (Lipinski definition) is 3. The van der Waals surface area contributed by atoms with E-state index < -0.39 is 0 Å². The fraction of sp³-hybridized carbons (Fsp3) is 0.316. The van der Waals surface area contributed by atoms with Crippen molar-refractivity contribution in [3.8, 4) is 0 Å². The predicted molar refractivity (Wildman–Crippen MR) is 92.7 cm³/mol. The van der Waals surface area contributed by atoms with Gasteiger partial charge in [-0.05, 0) is 44.0 Å². The van der Waals surface area contributed by atoms with Gasteiger partial charge in [-0.3, -0.25) is 14.5 Å². The van der Waals surface area contributed by atoms with E-state index in [0.29, 0.717) is 23.3 Å². The third-order valence-corrected chi connectivity index (χ3v) is 4.80. The molecule has 5 nitrogen and oxygen atoms in total. The lowest BCUT2D eigenvalue weighted by atomic mass is 10.1. The Bertz CT molecular complexity index is 923. The van der Waals surface area contributed by atoms with Gasteiger partial charge in [-0.2, -0.15) is 5.10 Å². The maximum atomic E-state index is 13.4. The fourth-order valence-corrected chi connectivity index (χ4v) is 3.53. The number of likely N-dealkylation sites (tertiary alicyclic amines) is 1. The lowest BCUT2D eigenvalue weighted by Crippen LogP contribution is -2.38. The second-order valence-corrected chi connectivity index (χ2v) is 6.48. The molecule has 1 aliphatic heterocycles. The van der Waals surface area contributed by atoms with Crippen molar-refractivity contribution < 1.29 is 9.18 Å². The summed E-state index contributed by atoms with van der Waals surface area (Å²) in [6.07, 6.45) is 5.62. The monoisotopic (exact) mass is 338 g/mol. The summed E-state index contributed by atoms with van der Waals surface area (Å²) in [5.74, 6) is -0.330. The van der Waals surface area contributed by atoms with Gasteiger partial charge in [-0.15, -0.1) is 0 Å². The van der Waals surface area contributed by atoms with Crippen molar-refractivity contribution in [2.24, 2.45) is 0 Å². The summed E-state index contributed by atoms with van der Waals surface area (Å²) in [4.78, 5) is 19.4. The van der Waals surface area contributed by atoms with Gasteiger partial charge in [0, 0.05) is 30.4 Å². The van der Waals surface area contributed by atoms with Gasteiger partial charge >= 0.3 is 0 Å². The quantitative estimate of drug-likeness (QED) is 0.737. The van der Waals surface area contributed by atoms with Gasteiger partial charge in [0.15, 0.2) is 0 Å². The fourth-order valence-electron chi connectivity index (χ4n) is 3.53. The van der Waals surface area contributed by atoms with Crippen LogP contribution >= 0.6 is 0 Å². The van der Waals surface area contributed by atoms with E-state index >= 15 is 0 Å². The molecule has 1 saturated heterocycles. The van der Waals surface area contributed by atoms with Crippen molar-refractivity contribution in [2.45, 2.75) is 32.4 Å². The number of aryl methyl sites for hydroxylation is 1. The Kier molecular flexibility index (Phi) is 3.95. The van der Waals surface area contributed by atoms with Crippen LogP contribution in [0.1, 0.15) is 28.9 Å². The molecule has 4 rings (SSSR count). The van der Waals surface area contributed by atoms with E-state index in [1.54, 1.807) is 19.2 Å². The van der Waals surface area contributed by atoms with Crippen molar-refractivity contribution in [3.05, 3.63) is 59.8 Å². The van der Waals surface area contributed by atoms with Crippen LogP contribution in [0.15, 0.2) is 42.7 Å². The maximum absolute atomic E-state index is 13.4. The summed E-state index contributed by atoms with van der Waals surface area (Å²) in [5.41, 5.74) is 1.79. The highest BCUT2D eigenvalue weighted by Crippen LogP contribution is 2.24. The second kappa shape index (κ2) is 6.27. The molecule has 3 heterocycles. The highest BCUT2D eigenvalue weighted by Gasteiger charge is 2.30. The van der Waals surface area contributed by atoms with Crippen LogP contribution in [0.3, 0.4) is 0 Å². The SMILES string of the molecule is Cc1nc2cc(F)ccc2cc1C(=O)N1CCC[C@@H]1Cn1cccn1. The molecule has 6 heteroatoms. The molecule has 3 aromatic rings. The zero-order valence-electron chi connectivity index (χ0n) is 14.0. The number of aromatic nitrogens is 3. The lowest BCUT2D eigenvalue weighted by molar-refractivity contribution is 0.0720. The van der Waals surface area contributed by atoms with Crippen LogP contribution in [0.5, 0.6) is 0 Å². The lowest BCUT2D eigenvalue weighted by Gasteiger charge is -2.25. The summed E-state index contributed by atoms with van der Waals surface area (Å²) in [6.45, 7) is 3.24. The first-order valence-corrected chi connectivity index (χ1v) is 8.47. The number of rotatable bonds is 3. The van der Waals surface area contributed by atoms with Crippen LogP contribution in [0.4, 0.5) is 4.39 Å². The summed E-state index contributed by atoms with van der Waals surface area (Å²) in [5, 5.41) is 5.02. The minimum absolute atomic E-state index is 0.00844. The topological polar surface area (TPSA) is 51.0 Å². The van der Waals surface area contributed by atoms with Crippen LogP contribution in [0, 0.1) is 12.7 Å². The first-order valence-electron chi connectivity index (χ1n) is 8.47. The highest BCUT2D eigenvalue weighted by atomic mass is 19.1. The largest absolute Gasteiger partial charge is 0.334 e. The third kappa shape index (κ3) is 2.99. The Hall–Kier alpha value is -2.76. The van der Waals surface area contributed by atoms with Crippen LogP contribution in [-0.4, -0.2) is 38.2 Å². The van der Waals surface area contributed by atoms with Crippen LogP contribution < -0.4 is 0 Å². The molecule has 2 aromatic heterocycles. The molecule has 0 radical (unpaired) electrons. The normalized spacial score (nSPS) is 17.4. The minimum Gasteiger partial charge on any atom is -0.334 e. The molecule has 0 spiro atoms. The summed E-state index contributed by atoms with van der Waals surface area (Å²) in [7, 11) is 0. The molecule has 25 heavy (non-hydrogen) atoms. The molecule has 0 unspecified atom stereocenters. The molecule has 0 saturated carbocycles. The number of carbonyl (C=O) groups excluding carboxylic acids is 1. The number of nitrogens with zero attached hydrogens (tertiary/aromatic N) is 4. The Morgan fingerprint density at radius 1 is 1.36 bits per heavy atom. The first kappa shape index (κ1) is 15.7. The van der Waals surface area contributed by atoms with Crippen molar-refractivity contribution in [1.29, 1.82) is 0 Å². The molecule has 1 aliphatic rings. The number of carbonyl (C=O) groups is 1. The van der Waals surface area contributed by atoms with Gasteiger partial charge in [0.2, 0.25) is 0 Å². The van der Waals surface area contributed by atoms with E-state index in [2.05, 4.69) is 10.1 Å². The molecule has 1 fully saturated rings. The summed E-state index contributed by atoms with van der Waals surface area (Å²) < 4.78 is 15.2. The van der Waals surface area contributed by atoms with E-state index in [9.17, 15) is 9.18 Å². The minimum atomic E-state index is -0.322. The molecule has 0 N–H and O–H groups in total. The zero-order chi connectivity index (χ0) is 17.4. The molecule has 1 aromatic carbocycles. The van der Waals surface area contributed by atoms with Crippen LogP contribution in [0.25, 0.3) is 10.9 Å². The van der Waals surface area contributed by atoms with Gasteiger partial charge in [-0.1, -0.05) is 0 Å². The van der Waals surface area contributed by atoms with E-state index in [0.717, 1.165) is 24.8 Å². The second-order valence-electron chi connectivity index (χ2n) is 6.48. The van der Waals surface area contributed by atoms with Crippen molar-refractivity contribution >= 4 is 16.8 Å². The maximum Gasteiger partial charge on any atom is 0.256 e. The Labute approximate surface area is 145 Å². The molecular formula is C19H19FN4O. The van der Waals surface area contributed by atoms with Crippen LogP contribution in [-0.2, 0) is 6.54 Å². The average Bonchev–Trinajstić information content (AvgIpc) is 3.26. The average molecular weight is 338 g/mol. The number of halogens is 1. The van der Waals surface area contributed by atoms with Gasteiger partial charge in [0.1, 0.15) is 5.82 Å². The summed E-state index contributed by atoms with van der Waals surface area (Å²) >= 11 is 0. The van der Waals surface area contributed by atoms with E-state index in [-0.39, 0.29) is 17.8 Å². The number of hydrogen-bond donors (Lipinski definition) is 0. The molecule has 1 amide bonds. The van der Waals surface area contributed by atoms with Gasteiger partial charge in [-0.25, -0.2) is 4.39 Å². The van der Waals surface area contributed by atoms with Gasteiger partial charge in [0.25, 0.3) is 5.91 Å². The molecular weight excluding hydrogens is 319 g/mol. The standard InChI is InChI=1S/C19H19FN4O/c1-13-17(10-14-5-6-15(20)11-18(14)22-13)19(25)24-9-2-4-16(24)12-23-8-3-7-21-23/h3,5-8,10-11,16H,2,4,9,12H2,1H3/t16-/m1/s1. The molecule has 128 valence electrons. The number of amides is 1. The Morgan fingerprint density at radius 2 is 2.24 bits per heavy atom. The molecule has 0 bridgehead atoms. The molecule has 1 atom stereocenters. The van der Waals surface area contributed by atoms with Crippen molar-refractivity contribution in [3.63, 3.8) is 0 Å². The molecule has 0 aliphatic carbocycles.